The maximum Gasteiger partial charge on any atom is 0.174 e. The predicted octanol–water partition coefficient (Wildman–Crippen LogP) is 3.53. The van der Waals surface area contributed by atoms with Crippen molar-refractivity contribution in [3.8, 4) is 5.82 Å². The number of nitrogens with one attached hydrogen (secondary N) is 1. The average molecular weight is 343 g/mol. The molecule has 1 aliphatic rings. The van der Waals surface area contributed by atoms with Gasteiger partial charge in [0, 0.05) is 24.8 Å². The van der Waals surface area contributed by atoms with E-state index in [9.17, 15) is 0 Å². The van der Waals surface area contributed by atoms with Gasteiger partial charge in [0.15, 0.2) is 5.82 Å². The van der Waals surface area contributed by atoms with Crippen LogP contribution in [0.1, 0.15) is 45.0 Å². The molecular weight excluding hydrogens is 314 g/mol. The first kappa shape index (κ1) is 17.9. The van der Waals surface area contributed by atoms with Crippen molar-refractivity contribution < 1.29 is 4.74 Å². The van der Waals surface area contributed by atoms with Gasteiger partial charge in [-0.1, -0.05) is 20.8 Å². The highest BCUT2D eigenvalue weighted by molar-refractivity contribution is 5.36. The minimum atomic E-state index is 0.143. The SMILES string of the molecule is Cc1cc(C)n(-c2cncc(NCC3CCCOC3C(C)(C)C)n2)n1. The maximum atomic E-state index is 6.06. The Morgan fingerprint density at radius 2 is 2.08 bits per heavy atom. The van der Waals surface area contributed by atoms with E-state index in [1.807, 2.05) is 24.6 Å². The minimum absolute atomic E-state index is 0.143. The molecule has 0 aliphatic carbocycles. The zero-order chi connectivity index (χ0) is 18.0. The van der Waals surface area contributed by atoms with Crippen LogP contribution in [0.25, 0.3) is 5.82 Å². The van der Waals surface area contributed by atoms with Crippen molar-refractivity contribution in [1.82, 2.24) is 19.7 Å². The number of hydrogen-bond donors (Lipinski definition) is 1. The fraction of sp³-hybridized carbons (Fsp3) is 0.632. The molecule has 2 aromatic rings. The van der Waals surface area contributed by atoms with Gasteiger partial charge >= 0.3 is 0 Å². The van der Waals surface area contributed by atoms with Crippen molar-refractivity contribution in [3.05, 3.63) is 29.8 Å². The number of ether oxygens (including phenoxy) is 1. The first-order valence-electron chi connectivity index (χ1n) is 9.06. The minimum Gasteiger partial charge on any atom is -0.377 e. The highest BCUT2D eigenvalue weighted by Gasteiger charge is 2.35. The predicted molar refractivity (Wildman–Crippen MR) is 99.0 cm³/mol. The Kier molecular flexibility index (Phi) is 5.08. The molecule has 1 fully saturated rings. The van der Waals surface area contributed by atoms with Gasteiger partial charge in [-0.05, 0) is 38.2 Å². The lowest BCUT2D eigenvalue weighted by Gasteiger charge is -2.40. The molecule has 25 heavy (non-hydrogen) atoms. The summed E-state index contributed by atoms with van der Waals surface area (Å²) >= 11 is 0. The highest BCUT2D eigenvalue weighted by Crippen LogP contribution is 2.34. The molecule has 2 unspecified atom stereocenters. The fourth-order valence-electron chi connectivity index (χ4n) is 3.65. The Balaban J connectivity index is 1.71. The molecule has 0 saturated carbocycles. The maximum absolute atomic E-state index is 6.06. The molecule has 6 nitrogen and oxygen atoms in total. The lowest BCUT2D eigenvalue weighted by Crippen LogP contribution is -2.42. The van der Waals surface area contributed by atoms with Crippen LogP contribution in [0.15, 0.2) is 18.5 Å². The molecular formula is C19H29N5O. The van der Waals surface area contributed by atoms with Crippen molar-refractivity contribution in [2.75, 3.05) is 18.5 Å². The largest absolute Gasteiger partial charge is 0.377 e. The second kappa shape index (κ2) is 7.12. The molecule has 2 atom stereocenters. The number of rotatable bonds is 4. The summed E-state index contributed by atoms with van der Waals surface area (Å²) in [5.74, 6) is 2.00. The summed E-state index contributed by atoms with van der Waals surface area (Å²) in [4.78, 5) is 9.00. The third-order valence-electron chi connectivity index (χ3n) is 4.69. The zero-order valence-electron chi connectivity index (χ0n) is 15.9. The third kappa shape index (κ3) is 4.18. The van der Waals surface area contributed by atoms with E-state index in [2.05, 4.69) is 41.2 Å². The highest BCUT2D eigenvalue weighted by atomic mass is 16.5. The zero-order valence-corrected chi connectivity index (χ0v) is 15.9. The average Bonchev–Trinajstić information content (AvgIpc) is 2.91. The second-order valence-corrected chi connectivity index (χ2v) is 8.04. The quantitative estimate of drug-likeness (QED) is 0.920. The smallest absolute Gasteiger partial charge is 0.174 e. The Bertz CT molecular complexity index is 719. The molecule has 136 valence electrons. The van der Waals surface area contributed by atoms with E-state index in [4.69, 9.17) is 4.74 Å². The molecule has 1 N–H and O–H groups in total. The summed E-state index contributed by atoms with van der Waals surface area (Å²) in [5, 5.41) is 7.94. The standard InChI is InChI=1S/C19H29N5O/c1-13-9-14(2)24(23-13)17-12-20-11-16(22-17)21-10-15-7-6-8-25-18(15)19(3,4)5/h9,11-12,15,18H,6-8,10H2,1-5H3,(H,21,22). The van der Waals surface area contributed by atoms with Crippen LogP contribution in [0, 0.1) is 25.2 Å². The van der Waals surface area contributed by atoms with Crippen LogP contribution < -0.4 is 5.32 Å². The van der Waals surface area contributed by atoms with Gasteiger partial charge in [0.2, 0.25) is 0 Å². The van der Waals surface area contributed by atoms with Gasteiger partial charge in [0.25, 0.3) is 0 Å². The van der Waals surface area contributed by atoms with Crippen molar-refractivity contribution in [2.24, 2.45) is 11.3 Å². The molecule has 1 saturated heterocycles. The van der Waals surface area contributed by atoms with Gasteiger partial charge in [-0.3, -0.25) is 4.98 Å². The van der Waals surface area contributed by atoms with Crippen molar-refractivity contribution in [2.45, 2.75) is 53.6 Å². The van der Waals surface area contributed by atoms with E-state index < -0.39 is 0 Å². The Labute approximate surface area is 150 Å². The summed E-state index contributed by atoms with van der Waals surface area (Å²) in [5.41, 5.74) is 2.17. The summed E-state index contributed by atoms with van der Waals surface area (Å²) in [6.07, 6.45) is 6.08. The molecule has 2 aromatic heterocycles. The Hall–Kier alpha value is -1.95. The van der Waals surface area contributed by atoms with Crippen LogP contribution in [0.4, 0.5) is 5.82 Å². The number of aryl methyl sites for hydroxylation is 2. The summed E-state index contributed by atoms with van der Waals surface area (Å²) in [6.45, 7) is 12.5. The first-order valence-corrected chi connectivity index (χ1v) is 9.06. The molecule has 3 rings (SSSR count). The van der Waals surface area contributed by atoms with Gasteiger partial charge in [0.05, 0.1) is 24.2 Å². The fourth-order valence-corrected chi connectivity index (χ4v) is 3.65. The molecule has 0 aromatic carbocycles. The molecule has 0 amide bonds. The van der Waals surface area contributed by atoms with Crippen LogP contribution in [-0.4, -0.2) is 39.0 Å². The Morgan fingerprint density at radius 3 is 2.76 bits per heavy atom. The van der Waals surface area contributed by atoms with Gasteiger partial charge < -0.3 is 10.1 Å². The van der Waals surface area contributed by atoms with E-state index in [0.29, 0.717) is 5.92 Å². The Morgan fingerprint density at radius 1 is 1.28 bits per heavy atom. The summed E-state index contributed by atoms with van der Waals surface area (Å²) < 4.78 is 7.89. The van der Waals surface area contributed by atoms with Gasteiger partial charge in [0.1, 0.15) is 5.82 Å². The first-order chi connectivity index (χ1) is 11.8. The van der Waals surface area contributed by atoms with Gasteiger partial charge in [-0.25, -0.2) is 9.67 Å². The number of hydrogen-bond acceptors (Lipinski definition) is 5. The van der Waals surface area contributed by atoms with Crippen LogP contribution in [0.3, 0.4) is 0 Å². The van der Waals surface area contributed by atoms with Crippen molar-refractivity contribution in [3.63, 3.8) is 0 Å². The van der Waals surface area contributed by atoms with Crippen LogP contribution in [0.2, 0.25) is 0 Å². The lowest BCUT2D eigenvalue weighted by atomic mass is 9.78. The summed E-state index contributed by atoms with van der Waals surface area (Å²) in [6, 6.07) is 2.04. The molecule has 0 bridgehead atoms. The molecule has 3 heterocycles. The molecule has 0 radical (unpaired) electrons. The molecule has 0 spiro atoms. The topological polar surface area (TPSA) is 64.9 Å². The number of anilines is 1. The third-order valence-corrected chi connectivity index (χ3v) is 4.69. The number of aromatic nitrogens is 4. The van der Waals surface area contributed by atoms with Crippen molar-refractivity contribution in [1.29, 1.82) is 0 Å². The monoisotopic (exact) mass is 343 g/mol. The normalized spacial score (nSPS) is 21.3. The number of nitrogens with zero attached hydrogens (tertiary/aromatic N) is 4. The van der Waals surface area contributed by atoms with Crippen LogP contribution in [-0.2, 0) is 4.74 Å². The van der Waals surface area contributed by atoms with E-state index >= 15 is 0 Å². The van der Waals surface area contributed by atoms with Crippen molar-refractivity contribution >= 4 is 5.82 Å². The molecule has 1 aliphatic heterocycles. The lowest BCUT2D eigenvalue weighted by molar-refractivity contribution is -0.0814. The second-order valence-electron chi connectivity index (χ2n) is 8.04. The van der Waals surface area contributed by atoms with Crippen LogP contribution in [0.5, 0.6) is 0 Å². The summed E-state index contributed by atoms with van der Waals surface area (Å²) in [7, 11) is 0. The molecule has 6 heteroatoms. The van der Waals surface area contributed by atoms with E-state index in [0.717, 1.165) is 42.6 Å². The van der Waals surface area contributed by atoms with E-state index in [1.54, 1.807) is 12.4 Å². The van der Waals surface area contributed by atoms with Gasteiger partial charge in [-0.15, -0.1) is 0 Å². The van der Waals surface area contributed by atoms with Crippen LogP contribution >= 0.6 is 0 Å². The van der Waals surface area contributed by atoms with Gasteiger partial charge in [-0.2, -0.15) is 5.10 Å². The van der Waals surface area contributed by atoms with E-state index in [1.165, 1.54) is 6.42 Å². The van der Waals surface area contributed by atoms with E-state index in [-0.39, 0.29) is 11.5 Å².